The fraction of sp³-hybridized carbons (Fsp3) is 0.417. The number of likely N-dealkylation sites (tertiary alicyclic amines) is 2. The lowest BCUT2D eigenvalue weighted by Gasteiger charge is -2.17. The standard InChI is InChI=1S/C36H45N7O2/c1-41(2)29-11-7-26(8-12-29)39-36-31-13-9-27(37-25-30(44)15-21-42-17-3-4-18-42)23-33(31)40-34-24-28(10-14-32(34)36)38-35(45)16-22-43-19-5-6-20-43/h7-14,23-24,37H,3-6,15-22,25H2,1-2H3,(H,38,45)(H,39,40). The highest BCUT2D eigenvalue weighted by Crippen LogP contribution is 2.36. The number of anilines is 5. The van der Waals surface area contributed by atoms with Gasteiger partial charge in [-0.3, -0.25) is 9.59 Å². The van der Waals surface area contributed by atoms with Crippen LogP contribution in [0.4, 0.5) is 28.4 Å². The van der Waals surface area contributed by atoms with E-state index in [4.69, 9.17) is 4.98 Å². The van der Waals surface area contributed by atoms with Gasteiger partial charge in [0.15, 0.2) is 5.78 Å². The Hall–Kier alpha value is -4.21. The van der Waals surface area contributed by atoms with Crippen molar-refractivity contribution in [1.82, 2.24) is 14.8 Å². The van der Waals surface area contributed by atoms with Crippen LogP contribution in [0.3, 0.4) is 0 Å². The van der Waals surface area contributed by atoms with Crippen LogP contribution in [0.1, 0.15) is 38.5 Å². The maximum atomic E-state index is 12.8. The molecule has 2 aliphatic rings. The second-order valence-electron chi connectivity index (χ2n) is 12.6. The summed E-state index contributed by atoms with van der Waals surface area (Å²) in [4.78, 5) is 37.2. The highest BCUT2D eigenvalue weighted by atomic mass is 16.1. The first kappa shape index (κ1) is 30.8. The van der Waals surface area contributed by atoms with Crippen LogP contribution in [0.5, 0.6) is 0 Å². The van der Waals surface area contributed by atoms with Crippen molar-refractivity contribution in [2.24, 2.45) is 0 Å². The number of amides is 1. The molecule has 0 unspecified atom stereocenters. The summed E-state index contributed by atoms with van der Waals surface area (Å²) >= 11 is 0. The summed E-state index contributed by atoms with van der Waals surface area (Å²) in [5.74, 6) is 0.226. The highest BCUT2D eigenvalue weighted by molar-refractivity contribution is 6.10. The highest BCUT2D eigenvalue weighted by Gasteiger charge is 2.16. The van der Waals surface area contributed by atoms with E-state index < -0.39 is 0 Å². The van der Waals surface area contributed by atoms with E-state index in [1.807, 2.05) is 44.4 Å². The molecule has 3 heterocycles. The van der Waals surface area contributed by atoms with Gasteiger partial charge in [0.2, 0.25) is 5.91 Å². The molecule has 4 aromatic rings. The lowest BCUT2D eigenvalue weighted by Crippen LogP contribution is -2.25. The van der Waals surface area contributed by atoms with Gasteiger partial charge < -0.3 is 30.7 Å². The number of fused-ring (bicyclic) bond motifs is 2. The number of ketones is 1. The van der Waals surface area contributed by atoms with Crippen molar-refractivity contribution in [2.75, 3.05) is 80.8 Å². The summed E-state index contributed by atoms with van der Waals surface area (Å²) in [7, 11) is 4.06. The molecule has 236 valence electrons. The van der Waals surface area contributed by atoms with Gasteiger partial charge in [-0.25, -0.2) is 4.98 Å². The van der Waals surface area contributed by atoms with Crippen molar-refractivity contribution < 1.29 is 9.59 Å². The SMILES string of the molecule is CN(C)c1ccc(Nc2c3ccc(NCC(=O)CCN4CCCC4)cc3nc3cc(NC(=O)CCN4CCCC4)ccc23)cc1. The lowest BCUT2D eigenvalue weighted by atomic mass is 10.1. The van der Waals surface area contributed by atoms with Crippen molar-refractivity contribution >= 4 is 61.9 Å². The molecule has 3 N–H and O–H groups in total. The minimum atomic E-state index is 0.0160. The number of carbonyl (C=O) groups is 2. The summed E-state index contributed by atoms with van der Waals surface area (Å²) in [6.45, 7) is 6.29. The Kier molecular flexibility index (Phi) is 9.76. The number of benzene rings is 3. The van der Waals surface area contributed by atoms with Gasteiger partial charge in [0, 0.05) is 73.5 Å². The normalized spacial score (nSPS) is 15.5. The number of hydrogen-bond donors (Lipinski definition) is 3. The van der Waals surface area contributed by atoms with Gasteiger partial charge in [-0.1, -0.05) is 0 Å². The smallest absolute Gasteiger partial charge is 0.225 e. The largest absolute Gasteiger partial charge is 0.378 e. The minimum Gasteiger partial charge on any atom is -0.378 e. The van der Waals surface area contributed by atoms with Crippen LogP contribution in [0.15, 0.2) is 60.7 Å². The van der Waals surface area contributed by atoms with Crippen molar-refractivity contribution in [3.05, 3.63) is 60.7 Å². The third-order valence-corrected chi connectivity index (χ3v) is 8.96. The summed E-state index contributed by atoms with van der Waals surface area (Å²) in [5.41, 5.74) is 6.23. The molecule has 0 saturated carbocycles. The van der Waals surface area contributed by atoms with Gasteiger partial charge in [0.05, 0.1) is 23.3 Å². The molecule has 1 aromatic heterocycles. The molecular formula is C36H45N7O2. The Balaban J connectivity index is 1.24. The summed E-state index contributed by atoms with van der Waals surface area (Å²) in [6.07, 6.45) is 5.94. The quantitative estimate of drug-likeness (QED) is 0.157. The van der Waals surface area contributed by atoms with Crippen LogP contribution in [0.2, 0.25) is 0 Å². The zero-order valence-corrected chi connectivity index (χ0v) is 26.6. The molecule has 1 amide bonds. The predicted molar refractivity (Wildman–Crippen MR) is 186 cm³/mol. The monoisotopic (exact) mass is 607 g/mol. The Morgan fingerprint density at radius 1 is 0.733 bits per heavy atom. The topological polar surface area (TPSA) is 92.8 Å². The average molecular weight is 608 g/mol. The van der Waals surface area contributed by atoms with Crippen LogP contribution in [0, 0.1) is 0 Å². The first-order chi connectivity index (χ1) is 21.9. The lowest BCUT2D eigenvalue weighted by molar-refractivity contribution is -0.118. The van der Waals surface area contributed by atoms with Crippen molar-refractivity contribution in [2.45, 2.75) is 38.5 Å². The zero-order valence-electron chi connectivity index (χ0n) is 26.6. The molecular weight excluding hydrogens is 562 g/mol. The number of nitrogens with one attached hydrogen (secondary N) is 3. The second-order valence-corrected chi connectivity index (χ2v) is 12.6. The van der Waals surface area contributed by atoms with Gasteiger partial charge in [-0.05, 0) is 113 Å². The molecule has 6 rings (SSSR count). The van der Waals surface area contributed by atoms with Gasteiger partial charge in [-0.2, -0.15) is 0 Å². The fourth-order valence-electron chi connectivity index (χ4n) is 6.32. The predicted octanol–water partition coefficient (Wildman–Crippen LogP) is 6.09. The maximum Gasteiger partial charge on any atom is 0.225 e. The van der Waals surface area contributed by atoms with Crippen LogP contribution in [-0.2, 0) is 9.59 Å². The molecule has 45 heavy (non-hydrogen) atoms. The number of Topliss-reactive ketones (excluding diaryl/α,β-unsaturated/α-hetero) is 1. The van der Waals surface area contributed by atoms with Gasteiger partial charge in [-0.15, -0.1) is 0 Å². The van der Waals surface area contributed by atoms with E-state index in [2.05, 4.69) is 61.0 Å². The van der Waals surface area contributed by atoms with Crippen molar-refractivity contribution in [1.29, 1.82) is 0 Å². The molecule has 0 atom stereocenters. The van der Waals surface area contributed by atoms with Gasteiger partial charge in [0.25, 0.3) is 0 Å². The van der Waals surface area contributed by atoms with Crippen LogP contribution in [0.25, 0.3) is 21.8 Å². The van der Waals surface area contributed by atoms with Gasteiger partial charge >= 0.3 is 0 Å². The zero-order chi connectivity index (χ0) is 31.2. The molecule has 2 saturated heterocycles. The summed E-state index contributed by atoms with van der Waals surface area (Å²) in [6, 6.07) is 20.3. The number of hydrogen-bond acceptors (Lipinski definition) is 8. The molecule has 0 bridgehead atoms. The van der Waals surface area contributed by atoms with E-state index in [1.165, 1.54) is 25.7 Å². The van der Waals surface area contributed by atoms with Crippen LogP contribution >= 0.6 is 0 Å². The molecule has 9 nitrogen and oxygen atoms in total. The van der Waals surface area contributed by atoms with Crippen molar-refractivity contribution in [3.8, 4) is 0 Å². The molecule has 3 aromatic carbocycles. The molecule has 0 spiro atoms. The third kappa shape index (κ3) is 7.90. The molecule has 9 heteroatoms. The van der Waals surface area contributed by atoms with E-state index in [-0.39, 0.29) is 11.7 Å². The Labute approximate surface area is 266 Å². The van der Waals surface area contributed by atoms with E-state index >= 15 is 0 Å². The molecule has 0 aliphatic carbocycles. The number of carbonyl (C=O) groups excluding carboxylic acids is 2. The number of aromatic nitrogens is 1. The third-order valence-electron chi connectivity index (χ3n) is 8.96. The van der Waals surface area contributed by atoms with Gasteiger partial charge in [0.1, 0.15) is 0 Å². The maximum absolute atomic E-state index is 12.8. The Bertz CT molecular complexity index is 1640. The summed E-state index contributed by atoms with van der Waals surface area (Å²) in [5, 5.41) is 12.0. The Morgan fingerprint density at radius 2 is 1.29 bits per heavy atom. The molecule has 0 radical (unpaired) electrons. The first-order valence-electron chi connectivity index (χ1n) is 16.3. The number of rotatable bonds is 13. The van der Waals surface area contributed by atoms with Crippen molar-refractivity contribution in [3.63, 3.8) is 0 Å². The molecule has 2 fully saturated rings. The Morgan fingerprint density at radius 3 is 1.91 bits per heavy atom. The number of pyridine rings is 1. The second kappa shape index (κ2) is 14.3. The first-order valence-corrected chi connectivity index (χ1v) is 16.3. The average Bonchev–Trinajstić information content (AvgIpc) is 3.77. The van der Waals surface area contributed by atoms with E-state index in [0.29, 0.717) is 19.4 Å². The van der Waals surface area contributed by atoms with E-state index in [1.54, 1.807) is 0 Å². The van der Waals surface area contributed by atoms with E-state index in [0.717, 1.165) is 89.5 Å². The van der Waals surface area contributed by atoms with Crippen LogP contribution in [-0.4, -0.2) is 86.4 Å². The number of nitrogens with zero attached hydrogens (tertiary/aromatic N) is 4. The van der Waals surface area contributed by atoms with E-state index in [9.17, 15) is 9.59 Å². The minimum absolute atomic E-state index is 0.0160. The summed E-state index contributed by atoms with van der Waals surface area (Å²) < 4.78 is 0. The molecule has 2 aliphatic heterocycles. The van der Waals surface area contributed by atoms with Crippen LogP contribution < -0.4 is 20.9 Å². The fourth-order valence-corrected chi connectivity index (χ4v) is 6.32.